The molecule has 1 N–H and O–H groups in total. The molecule has 1 unspecified atom stereocenters. The van der Waals surface area contributed by atoms with E-state index < -0.39 is 0 Å². The molecule has 0 saturated heterocycles. The van der Waals surface area contributed by atoms with Crippen molar-refractivity contribution < 1.29 is 4.79 Å². The fourth-order valence-corrected chi connectivity index (χ4v) is 3.09. The van der Waals surface area contributed by atoms with E-state index in [0.717, 1.165) is 23.4 Å². The third kappa shape index (κ3) is 3.10. The highest BCUT2D eigenvalue weighted by Gasteiger charge is 2.32. The summed E-state index contributed by atoms with van der Waals surface area (Å²) in [4.78, 5) is 20.8. The summed E-state index contributed by atoms with van der Waals surface area (Å²) < 4.78 is 1.89. The average Bonchev–Trinajstić information content (AvgIpc) is 3.23. The van der Waals surface area contributed by atoms with Crippen LogP contribution >= 0.6 is 11.6 Å². The number of nitrogens with one attached hydrogen (secondary N) is 1. The van der Waals surface area contributed by atoms with Gasteiger partial charge in [-0.1, -0.05) is 17.7 Å². The number of fused-ring (bicyclic) bond motifs is 1. The molecule has 1 aliphatic rings. The lowest BCUT2D eigenvalue weighted by Gasteiger charge is -2.15. The normalized spacial score (nSPS) is 15.8. The topological polar surface area (TPSA) is 85.6 Å². The van der Waals surface area contributed by atoms with Crippen LogP contribution in [0.3, 0.4) is 0 Å². The van der Waals surface area contributed by atoms with Gasteiger partial charge in [0, 0.05) is 37.1 Å². The molecule has 0 spiro atoms. The third-order valence-corrected chi connectivity index (χ3v) is 4.42. The van der Waals surface area contributed by atoms with Gasteiger partial charge in [0.15, 0.2) is 5.82 Å². The van der Waals surface area contributed by atoms with Crippen molar-refractivity contribution in [2.75, 3.05) is 0 Å². The monoisotopic (exact) mass is 354 g/mol. The van der Waals surface area contributed by atoms with Gasteiger partial charge in [-0.15, -0.1) is 10.2 Å². The molecule has 8 heteroatoms. The summed E-state index contributed by atoms with van der Waals surface area (Å²) >= 11 is 5.85. The van der Waals surface area contributed by atoms with Gasteiger partial charge in [-0.2, -0.15) is 0 Å². The van der Waals surface area contributed by atoms with Crippen LogP contribution in [-0.2, 0) is 17.8 Å². The van der Waals surface area contributed by atoms with Crippen LogP contribution in [0.15, 0.2) is 42.9 Å². The van der Waals surface area contributed by atoms with Crippen molar-refractivity contribution in [2.24, 2.45) is 0 Å². The van der Waals surface area contributed by atoms with Crippen molar-refractivity contribution >= 4 is 17.5 Å². The van der Waals surface area contributed by atoms with E-state index in [0.29, 0.717) is 23.9 Å². The van der Waals surface area contributed by atoms with Crippen LogP contribution in [0.5, 0.6) is 0 Å². The highest BCUT2D eigenvalue weighted by atomic mass is 35.5. The molecule has 0 radical (unpaired) electrons. The first-order valence-corrected chi connectivity index (χ1v) is 8.32. The van der Waals surface area contributed by atoms with Gasteiger partial charge in [-0.25, -0.2) is 4.98 Å². The molecule has 4 rings (SSSR count). The van der Waals surface area contributed by atoms with Crippen molar-refractivity contribution in [3.8, 4) is 11.4 Å². The quantitative estimate of drug-likeness (QED) is 0.726. The van der Waals surface area contributed by atoms with Crippen molar-refractivity contribution in [3.05, 3.63) is 59.4 Å². The van der Waals surface area contributed by atoms with E-state index in [1.54, 1.807) is 24.7 Å². The van der Waals surface area contributed by atoms with Gasteiger partial charge in [0.25, 0.3) is 0 Å². The summed E-state index contributed by atoms with van der Waals surface area (Å²) in [5.74, 6) is 1.40. The van der Waals surface area contributed by atoms with Gasteiger partial charge in [0.2, 0.25) is 5.91 Å². The van der Waals surface area contributed by atoms with E-state index in [4.69, 9.17) is 11.6 Å². The highest BCUT2D eigenvalue weighted by molar-refractivity contribution is 6.29. The zero-order valence-electron chi connectivity index (χ0n) is 13.3. The molecular formula is C17H15ClN6O. The first-order valence-electron chi connectivity index (χ1n) is 7.94. The summed E-state index contributed by atoms with van der Waals surface area (Å²) in [6, 6.07) is 6.98. The second kappa shape index (κ2) is 6.60. The Morgan fingerprint density at radius 1 is 1.28 bits per heavy atom. The zero-order chi connectivity index (χ0) is 17.2. The van der Waals surface area contributed by atoms with Crippen molar-refractivity contribution in [2.45, 2.75) is 25.4 Å². The van der Waals surface area contributed by atoms with Gasteiger partial charge in [0.1, 0.15) is 17.0 Å². The molecule has 4 heterocycles. The fourth-order valence-electron chi connectivity index (χ4n) is 2.98. The number of carbonyl (C=O) groups is 1. The minimum absolute atomic E-state index is 0.0504. The molecule has 0 aromatic carbocycles. The zero-order valence-corrected chi connectivity index (χ0v) is 14.0. The van der Waals surface area contributed by atoms with E-state index in [1.165, 1.54) is 0 Å². The number of carbonyl (C=O) groups excluding carboxylic acids is 1. The molecule has 0 fully saturated rings. The fraction of sp³-hybridized carbons (Fsp3) is 0.235. The van der Waals surface area contributed by atoms with Crippen LogP contribution in [0.1, 0.15) is 23.9 Å². The van der Waals surface area contributed by atoms with E-state index in [2.05, 4.69) is 25.5 Å². The second-order valence-electron chi connectivity index (χ2n) is 5.81. The predicted octanol–water partition coefficient (Wildman–Crippen LogP) is 2.19. The van der Waals surface area contributed by atoms with Crippen LogP contribution < -0.4 is 5.32 Å². The number of rotatable bonds is 4. The molecule has 0 saturated carbocycles. The van der Waals surface area contributed by atoms with E-state index >= 15 is 0 Å². The summed E-state index contributed by atoms with van der Waals surface area (Å²) in [5, 5.41) is 11.8. The molecule has 1 atom stereocenters. The Morgan fingerprint density at radius 2 is 2.20 bits per heavy atom. The Hall–Kier alpha value is -2.80. The van der Waals surface area contributed by atoms with Gasteiger partial charge in [-0.05, 0) is 30.2 Å². The Bertz CT molecular complexity index is 893. The highest BCUT2D eigenvalue weighted by Crippen LogP contribution is 2.31. The number of halogens is 1. The SMILES string of the molecule is O=C(NCc1cccnc1)C1CCc2nnc(-c3ccc(Cl)nc3)n21. The van der Waals surface area contributed by atoms with Crippen LogP contribution in [-0.4, -0.2) is 30.6 Å². The third-order valence-electron chi connectivity index (χ3n) is 4.20. The molecule has 3 aromatic heterocycles. The van der Waals surface area contributed by atoms with Crippen LogP contribution in [0.2, 0.25) is 5.15 Å². The summed E-state index contributed by atoms with van der Waals surface area (Å²) in [5.41, 5.74) is 1.75. The van der Waals surface area contributed by atoms with Gasteiger partial charge in [-0.3, -0.25) is 14.3 Å². The average molecular weight is 355 g/mol. The molecule has 3 aromatic rings. The standard InChI is InChI=1S/C17H15ClN6O/c18-14-5-3-12(10-20-14)16-23-22-15-6-4-13(24(15)16)17(25)21-9-11-2-1-7-19-8-11/h1-3,5,7-8,10,13H,4,6,9H2,(H,21,25). The van der Waals surface area contributed by atoms with Crippen molar-refractivity contribution in [1.82, 2.24) is 30.0 Å². The number of hydrogen-bond acceptors (Lipinski definition) is 5. The number of aromatic nitrogens is 5. The molecule has 7 nitrogen and oxygen atoms in total. The molecule has 1 amide bonds. The lowest BCUT2D eigenvalue weighted by molar-refractivity contribution is -0.124. The summed E-state index contributed by atoms with van der Waals surface area (Å²) in [7, 11) is 0. The van der Waals surface area contributed by atoms with Crippen LogP contribution in [0.25, 0.3) is 11.4 Å². The molecule has 0 bridgehead atoms. The summed E-state index contributed by atoms with van der Waals surface area (Å²) in [6.07, 6.45) is 6.52. The second-order valence-corrected chi connectivity index (χ2v) is 6.20. The predicted molar refractivity (Wildman–Crippen MR) is 91.7 cm³/mol. The number of hydrogen-bond donors (Lipinski definition) is 1. The summed E-state index contributed by atoms with van der Waals surface area (Å²) in [6.45, 7) is 0.443. The number of pyridine rings is 2. The smallest absolute Gasteiger partial charge is 0.243 e. The van der Waals surface area contributed by atoms with Crippen molar-refractivity contribution in [1.29, 1.82) is 0 Å². The Morgan fingerprint density at radius 3 is 2.96 bits per heavy atom. The molecule has 126 valence electrons. The molecule has 0 aliphatic carbocycles. The Labute approximate surface area is 149 Å². The first-order chi connectivity index (χ1) is 12.2. The van der Waals surface area contributed by atoms with Gasteiger partial charge in [0.05, 0.1) is 0 Å². The largest absolute Gasteiger partial charge is 0.350 e. The Balaban J connectivity index is 1.55. The maximum absolute atomic E-state index is 12.7. The van der Waals surface area contributed by atoms with Crippen LogP contribution in [0.4, 0.5) is 0 Å². The van der Waals surface area contributed by atoms with E-state index in [1.807, 2.05) is 22.8 Å². The minimum Gasteiger partial charge on any atom is -0.350 e. The van der Waals surface area contributed by atoms with Crippen molar-refractivity contribution in [3.63, 3.8) is 0 Å². The molecular weight excluding hydrogens is 340 g/mol. The lowest BCUT2D eigenvalue weighted by Crippen LogP contribution is -2.31. The number of nitrogens with zero attached hydrogens (tertiary/aromatic N) is 5. The van der Waals surface area contributed by atoms with Gasteiger partial charge < -0.3 is 5.32 Å². The number of aryl methyl sites for hydroxylation is 1. The van der Waals surface area contributed by atoms with E-state index in [-0.39, 0.29) is 11.9 Å². The minimum atomic E-state index is -0.327. The number of amides is 1. The Kier molecular flexibility index (Phi) is 4.15. The van der Waals surface area contributed by atoms with Gasteiger partial charge >= 0.3 is 0 Å². The van der Waals surface area contributed by atoms with Crippen LogP contribution in [0, 0.1) is 0 Å². The maximum Gasteiger partial charge on any atom is 0.243 e. The lowest BCUT2D eigenvalue weighted by atomic mass is 10.2. The molecule has 1 aliphatic heterocycles. The first kappa shape index (κ1) is 15.7. The van der Waals surface area contributed by atoms with E-state index in [9.17, 15) is 4.79 Å². The maximum atomic E-state index is 12.7. The molecule has 25 heavy (non-hydrogen) atoms.